The van der Waals surface area contributed by atoms with Crippen LogP contribution in [0.4, 0.5) is 4.79 Å². The van der Waals surface area contributed by atoms with Crippen molar-refractivity contribution in [2.24, 2.45) is 0 Å². The van der Waals surface area contributed by atoms with Crippen molar-refractivity contribution in [3.05, 3.63) is 29.3 Å². The number of carbonyl (C=O) groups is 4. The van der Waals surface area contributed by atoms with E-state index in [0.717, 1.165) is 26.9 Å². The lowest BCUT2D eigenvalue weighted by Crippen LogP contribution is -2.38. The van der Waals surface area contributed by atoms with Gasteiger partial charge in [0.05, 0.1) is 27.0 Å². The lowest BCUT2D eigenvalue weighted by atomic mass is 10.2. The van der Waals surface area contributed by atoms with E-state index in [2.05, 4.69) is 10.3 Å². The molecule has 8 nitrogen and oxygen atoms in total. The summed E-state index contributed by atoms with van der Waals surface area (Å²) in [5.41, 5.74) is 2.82. The van der Waals surface area contributed by atoms with Crippen LogP contribution in [0.3, 0.4) is 0 Å². The number of fused-ring (bicyclic) bond motifs is 1. The van der Waals surface area contributed by atoms with Crippen molar-refractivity contribution >= 4 is 56.3 Å². The second-order valence-corrected chi connectivity index (χ2v) is 6.87. The predicted octanol–water partition coefficient (Wildman–Crippen LogP) is 1.26. The summed E-state index contributed by atoms with van der Waals surface area (Å²) >= 11 is 2.34. The van der Waals surface area contributed by atoms with Gasteiger partial charge in [0.2, 0.25) is 5.91 Å². The van der Waals surface area contributed by atoms with Crippen molar-refractivity contribution in [2.45, 2.75) is 0 Å². The first kappa shape index (κ1) is 17.4. The highest BCUT2D eigenvalue weighted by molar-refractivity contribution is 8.14. The Bertz CT molecular complexity index is 835. The number of imide groups is 1. The van der Waals surface area contributed by atoms with Crippen LogP contribution in [-0.2, 0) is 14.3 Å². The number of nitrogens with one attached hydrogen (secondary N) is 1. The van der Waals surface area contributed by atoms with E-state index < -0.39 is 18.5 Å². The topological polar surface area (TPSA) is 106 Å². The van der Waals surface area contributed by atoms with E-state index in [9.17, 15) is 19.2 Å². The van der Waals surface area contributed by atoms with Gasteiger partial charge < -0.3 is 10.1 Å². The summed E-state index contributed by atoms with van der Waals surface area (Å²) in [6, 6.07) is 4.96. The van der Waals surface area contributed by atoms with E-state index in [1.165, 1.54) is 11.3 Å². The average Bonchev–Trinajstić information content (AvgIpc) is 3.20. The Morgan fingerprint density at radius 1 is 1.32 bits per heavy atom. The van der Waals surface area contributed by atoms with E-state index in [0.29, 0.717) is 5.56 Å². The molecule has 130 valence electrons. The molecule has 0 spiro atoms. The number of nitrogens with zero attached hydrogens (tertiary/aromatic N) is 2. The molecule has 3 rings (SSSR count). The number of carbonyl (C=O) groups excluding carboxylic acids is 4. The molecule has 1 aliphatic rings. The maximum Gasteiger partial charge on any atom is 0.338 e. The Morgan fingerprint density at radius 3 is 2.92 bits per heavy atom. The van der Waals surface area contributed by atoms with Gasteiger partial charge in [-0.3, -0.25) is 19.3 Å². The lowest BCUT2D eigenvalue weighted by molar-refractivity contribution is -0.126. The van der Waals surface area contributed by atoms with E-state index in [4.69, 9.17) is 4.74 Å². The minimum Gasteiger partial charge on any atom is -0.452 e. The smallest absolute Gasteiger partial charge is 0.338 e. The van der Waals surface area contributed by atoms with Gasteiger partial charge in [-0.2, -0.15) is 0 Å². The van der Waals surface area contributed by atoms with Crippen LogP contribution in [0.1, 0.15) is 10.4 Å². The molecule has 2 aromatic rings. The monoisotopic (exact) mass is 379 g/mol. The van der Waals surface area contributed by atoms with Gasteiger partial charge in [0.25, 0.3) is 11.1 Å². The molecule has 10 heteroatoms. The third-order valence-corrected chi connectivity index (χ3v) is 5.05. The molecule has 1 saturated heterocycles. The van der Waals surface area contributed by atoms with Crippen LogP contribution in [0.2, 0.25) is 0 Å². The molecule has 0 radical (unpaired) electrons. The van der Waals surface area contributed by atoms with E-state index in [-0.39, 0.29) is 30.0 Å². The highest BCUT2D eigenvalue weighted by atomic mass is 32.2. The Morgan fingerprint density at radius 2 is 2.16 bits per heavy atom. The molecule has 1 N–H and O–H groups in total. The molecule has 0 atom stereocenters. The number of amides is 3. The second-order valence-electron chi connectivity index (χ2n) is 5.06. The lowest BCUT2D eigenvalue weighted by Gasteiger charge is -2.13. The van der Waals surface area contributed by atoms with E-state index in [1.807, 2.05) is 0 Å². The van der Waals surface area contributed by atoms with Gasteiger partial charge in [-0.05, 0) is 18.2 Å². The predicted molar refractivity (Wildman–Crippen MR) is 92.5 cm³/mol. The molecule has 1 aromatic carbocycles. The van der Waals surface area contributed by atoms with Gasteiger partial charge in [-0.25, -0.2) is 9.78 Å². The molecule has 1 aliphatic heterocycles. The molecular weight excluding hydrogens is 366 g/mol. The molecule has 0 unspecified atom stereocenters. The van der Waals surface area contributed by atoms with Gasteiger partial charge in [0.15, 0.2) is 6.61 Å². The van der Waals surface area contributed by atoms with E-state index in [1.54, 1.807) is 23.7 Å². The fourth-order valence-corrected chi connectivity index (χ4v) is 3.62. The highest BCUT2D eigenvalue weighted by Gasteiger charge is 2.29. The summed E-state index contributed by atoms with van der Waals surface area (Å²) in [5.74, 6) is -1.24. The summed E-state index contributed by atoms with van der Waals surface area (Å²) < 4.78 is 5.82. The molecule has 0 aliphatic carbocycles. The quantitative estimate of drug-likeness (QED) is 0.753. The zero-order chi connectivity index (χ0) is 17.8. The standard InChI is InChI=1S/C15H13N3O5S2/c19-12(16-3-4-18-13(20)7-24-15(18)22)6-23-14(21)9-1-2-10-11(5-9)25-8-17-10/h1-2,5,8H,3-4,6-7H2,(H,16,19). The van der Waals surface area contributed by atoms with Crippen LogP contribution in [0, 0.1) is 0 Å². The molecule has 1 aromatic heterocycles. The van der Waals surface area contributed by atoms with Gasteiger partial charge in [-0.15, -0.1) is 11.3 Å². The molecule has 0 bridgehead atoms. The number of ether oxygens (including phenoxy) is 1. The summed E-state index contributed by atoms with van der Waals surface area (Å²) in [6.45, 7) is -0.218. The molecule has 3 amide bonds. The van der Waals surface area contributed by atoms with Crippen molar-refractivity contribution in [3.63, 3.8) is 0 Å². The summed E-state index contributed by atoms with van der Waals surface area (Å²) in [5, 5.41) is 2.19. The van der Waals surface area contributed by atoms with Crippen LogP contribution in [0.5, 0.6) is 0 Å². The number of benzene rings is 1. The number of hydrogen-bond donors (Lipinski definition) is 1. The molecule has 25 heavy (non-hydrogen) atoms. The minimum atomic E-state index is -0.605. The second kappa shape index (κ2) is 7.62. The van der Waals surface area contributed by atoms with Gasteiger partial charge in [-0.1, -0.05) is 11.8 Å². The number of thioether (sulfide) groups is 1. The van der Waals surface area contributed by atoms with Crippen LogP contribution in [0.25, 0.3) is 10.2 Å². The Hall–Kier alpha value is -2.46. The zero-order valence-corrected chi connectivity index (χ0v) is 14.5. The molecule has 1 fully saturated rings. The molecule has 0 saturated carbocycles. The van der Waals surface area contributed by atoms with Crippen LogP contribution in [0.15, 0.2) is 23.7 Å². The number of hydrogen-bond acceptors (Lipinski definition) is 8. The zero-order valence-electron chi connectivity index (χ0n) is 12.9. The first-order valence-electron chi connectivity index (χ1n) is 7.29. The Labute approximate surface area is 150 Å². The molecule has 2 heterocycles. The van der Waals surface area contributed by atoms with Gasteiger partial charge in [0.1, 0.15) is 0 Å². The number of rotatable bonds is 6. The van der Waals surface area contributed by atoms with Crippen LogP contribution in [-0.4, -0.2) is 58.4 Å². The fraction of sp³-hybridized carbons (Fsp3) is 0.267. The fourth-order valence-electron chi connectivity index (χ4n) is 2.15. The Balaban J connectivity index is 1.43. The van der Waals surface area contributed by atoms with Crippen molar-refractivity contribution in [1.82, 2.24) is 15.2 Å². The maximum atomic E-state index is 12.0. The number of thiazole rings is 1. The van der Waals surface area contributed by atoms with Crippen LogP contribution >= 0.6 is 23.1 Å². The van der Waals surface area contributed by atoms with Crippen molar-refractivity contribution in [1.29, 1.82) is 0 Å². The van der Waals surface area contributed by atoms with Gasteiger partial charge >= 0.3 is 5.97 Å². The van der Waals surface area contributed by atoms with Crippen molar-refractivity contribution < 1.29 is 23.9 Å². The normalized spacial score (nSPS) is 14.2. The number of esters is 1. The maximum absolute atomic E-state index is 12.0. The summed E-state index contributed by atoms with van der Waals surface area (Å²) in [6.07, 6.45) is 0. The SMILES string of the molecule is O=C(COC(=O)c1ccc2ncsc2c1)NCCN1C(=O)CSC1=O. The van der Waals surface area contributed by atoms with E-state index >= 15 is 0 Å². The number of aromatic nitrogens is 1. The third-order valence-electron chi connectivity index (χ3n) is 3.40. The largest absolute Gasteiger partial charge is 0.452 e. The summed E-state index contributed by atoms with van der Waals surface area (Å²) in [4.78, 5) is 51.7. The first-order chi connectivity index (χ1) is 12.0. The van der Waals surface area contributed by atoms with Crippen LogP contribution < -0.4 is 5.32 Å². The van der Waals surface area contributed by atoms with Gasteiger partial charge in [0, 0.05) is 13.1 Å². The third kappa shape index (κ3) is 4.15. The molecular formula is C15H13N3O5S2. The Kier molecular flexibility index (Phi) is 5.29. The van der Waals surface area contributed by atoms with Crippen molar-refractivity contribution in [2.75, 3.05) is 25.4 Å². The minimum absolute atomic E-state index is 0.104. The van der Waals surface area contributed by atoms with Crippen molar-refractivity contribution in [3.8, 4) is 0 Å². The summed E-state index contributed by atoms with van der Waals surface area (Å²) in [7, 11) is 0. The first-order valence-corrected chi connectivity index (χ1v) is 9.15. The average molecular weight is 379 g/mol. The highest BCUT2D eigenvalue weighted by Crippen LogP contribution is 2.19.